The first-order chi connectivity index (χ1) is 8.72. The summed E-state index contributed by atoms with van der Waals surface area (Å²) in [7, 11) is 0. The molecule has 18 heavy (non-hydrogen) atoms. The highest BCUT2D eigenvalue weighted by Gasteiger charge is 2.03. The van der Waals surface area contributed by atoms with Crippen LogP contribution in [0.3, 0.4) is 0 Å². The highest BCUT2D eigenvalue weighted by molar-refractivity contribution is 5.63. The van der Waals surface area contributed by atoms with Crippen LogP contribution in [0, 0.1) is 6.92 Å². The highest BCUT2D eigenvalue weighted by atomic mass is 15.5. The highest BCUT2D eigenvalue weighted by Crippen LogP contribution is 2.19. The third kappa shape index (κ3) is 1.84. The predicted octanol–water partition coefficient (Wildman–Crippen LogP) is 1.55. The summed E-state index contributed by atoms with van der Waals surface area (Å²) in [5.74, 6) is 0.485. The van der Waals surface area contributed by atoms with Crippen LogP contribution in [0.2, 0.25) is 0 Å². The van der Waals surface area contributed by atoms with Crippen molar-refractivity contribution in [2.24, 2.45) is 0 Å². The number of aryl methyl sites for hydroxylation is 1. The van der Waals surface area contributed by atoms with Crippen molar-refractivity contribution < 1.29 is 0 Å². The monoisotopic (exact) mass is 240 g/mol. The Morgan fingerprint density at radius 3 is 2.56 bits per heavy atom. The second kappa shape index (κ2) is 3.99. The summed E-state index contributed by atoms with van der Waals surface area (Å²) >= 11 is 0. The Morgan fingerprint density at radius 2 is 2.00 bits per heavy atom. The molecule has 0 saturated carbocycles. The molecule has 0 aliphatic rings. The van der Waals surface area contributed by atoms with Gasteiger partial charge in [-0.1, -0.05) is 12.1 Å². The first-order valence-electron chi connectivity index (χ1n) is 5.53. The minimum absolute atomic E-state index is 0.485. The third-order valence-corrected chi connectivity index (χ3v) is 2.61. The van der Waals surface area contributed by atoms with E-state index in [9.17, 15) is 0 Å². The molecule has 0 saturated heterocycles. The fourth-order valence-electron chi connectivity index (χ4n) is 1.72. The summed E-state index contributed by atoms with van der Waals surface area (Å²) in [5, 5.41) is 15.2. The fourth-order valence-corrected chi connectivity index (χ4v) is 1.72. The molecule has 3 N–H and O–H groups in total. The first kappa shape index (κ1) is 10.5. The Hall–Kier alpha value is -2.63. The van der Waals surface area contributed by atoms with Crippen LogP contribution in [-0.2, 0) is 0 Å². The minimum Gasteiger partial charge on any atom is -0.382 e. The van der Waals surface area contributed by atoms with Crippen molar-refractivity contribution in [1.82, 2.24) is 25.2 Å². The molecule has 1 aromatic carbocycles. The molecular weight excluding hydrogens is 228 g/mol. The van der Waals surface area contributed by atoms with Crippen LogP contribution in [0.25, 0.3) is 16.9 Å². The molecule has 0 aliphatic heterocycles. The van der Waals surface area contributed by atoms with Gasteiger partial charge >= 0.3 is 0 Å². The lowest BCUT2D eigenvalue weighted by molar-refractivity contribution is 0.746. The number of hydrogen-bond acceptors (Lipinski definition) is 4. The van der Waals surface area contributed by atoms with Crippen LogP contribution in [-0.4, -0.2) is 25.2 Å². The molecule has 0 aliphatic carbocycles. The van der Waals surface area contributed by atoms with E-state index in [1.807, 2.05) is 31.2 Å². The van der Waals surface area contributed by atoms with E-state index >= 15 is 0 Å². The standard InChI is InChI=1S/C12H12N6/c1-8-7-14-18(17-8)10-4-2-9(3-5-10)11-6-12(13)16-15-11/h2-7H,1H3,(H3,13,15,16). The van der Waals surface area contributed by atoms with Crippen LogP contribution in [0.1, 0.15) is 5.69 Å². The molecule has 0 amide bonds. The van der Waals surface area contributed by atoms with E-state index in [-0.39, 0.29) is 0 Å². The van der Waals surface area contributed by atoms with Crippen molar-refractivity contribution >= 4 is 5.82 Å². The molecule has 0 atom stereocenters. The Kier molecular flexibility index (Phi) is 2.33. The van der Waals surface area contributed by atoms with Gasteiger partial charge in [0, 0.05) is 6.07 Å². The lowest BCUT2D eigenvalue weighted by Crippen LogP contribution is -1.98. The van der Waals surface area contributed by atoms with Crippen LogP contribution >= 0.6 is 0 Å². The number of nitrogen functional groups attached to an aromatic ring is 1. The minimum atomic E-state index is 0.485. The van der Waals surface area contributed by atoms with Crippen molar-refractivity contribution in [3.05, 3.63) is 42.2 Å². The van der Waals surface area contributed by atoms with Gasteiger partial charge in [-0.3, -0.25) is 5.10 Å². The van der Waals surface area contributed by atoms with E-state index in [1.54, 1.807) is 17.1 Å². The zero-order valence-electron chi connectivity index (χ0n) is 9.83. The molecule has 3 aromatic rings. The SMILES string of the molecule is Cc1cnn(-c2ccc(-c3cc(N)n[nH]3)cc2)n1. The van der Waals surface area contributed by atoms with Crippen LogP contribution < -0.4 is 5.73 Å². The van der Waals surface area contributed by atoms with Gasteiger partial charge in [0.1, 0.15) is 5.82 Å². The van der Waals surface area contributed by atoms with Crippen molar-refractivity contribution in [3.8, 4) is 16.9 Å². The number of nitrogens with two attached hydrogens (primary N) is 1. The molecule has 3 rings (SSSR count). The molecule has 6 nitrogen and oxygen atoms in total. The zero-order valence-corrected chi connectivity index (χ0v) is 9.83. The second-order valence-corrected chi connectivity index (χ2v) is 4.03. The number of aromatic nitrogens is 5. The van der Waals surface area contributed by atoms with E-state index in [0.717, 1.165) is 22.6 Å². The number of benzene rings is 1. The number of aromatic amines is 1. The molecule has 0 unspecified atom stereocenters. The van der Waals surface area contributed by atoms with Gasteiger partial charge in [-0.05, 0) is 24.6 Å². The van der Waals surface area contributed by atoms with Gasteiger partial charge in [-0.25, -0.2) is 0 Å². The average Bonchev–Trinajstić information content (AvgIpc) is 2.98. The Morgan fingerprint density at radius 1 is 1.22 bits per heavy atom. The van der Waals surface area contributed by atoms with Gasteiger partial charge in [-0.2, -0.15) is 20.1 Å². The number of nitrogens with zero attached hydrogens (tertiary/aromatic N) is 4. The molecule has 2 aromatic heterocycles. The fraction of sp³-hybridized carbons (Fsp3) is 0.0833. The number of anilines is 1. The van der Waals surface area contributed by atoms with Gasteiger partial charge in [0.05, 0.1) is 23.3 Å². The van der Waals surface area contributed by atoms with E-state index in [0.29, 0.717) is 5.82 Å². The lowest BCUT2D eigenvalue weighted by Gasteiger charge is -2.01. The predicted molar refractivity (Wildman–Crippen MR) is 68.1 cm³/mol. The maximum absolute atomic E-state index is 5.57. The Bertz CT molecular complexity index is 605. The smallest absolute Gasteiger partial charge is 0.145 e. The Balaban J connectivity index is 1.94. The van der Waals surface area contributed by atoms with Crippen molar-refractivity contribution in [1.29, 1.82) is 0 Å². The largest absolute Gasteiger partial charge is 0.382 e. The number of rotatable bonds is 2. The number of nitrogens with one attached hydrogen (secondary N) is 1. The Labute approximate surface area is 103 Å². The maximum atomic E-state index is 5.57. The molecule has 0 fully saturated rings. The van der Waals surface area contributed by atoms with Gasteiger partial charge in [0.15, 0.2) is 0 Å². The van der Waals surface area contributed by atoms with E-state index in [4.69, 9.17) is 5.73 Å². The quantitative estimate of drug-likeness (QED) is 0.711. The average molecular weight is 240 g/mol. The summed E-state index contributed by atoms with van der Waals surface area (Å²) in [4.78, 5) is 1.60. The zero-order chi connectivity index (χ0) is 12.5. The lowest BCUT2D eigenvalue weighted by atomic mass is 10.1. The molecule has 2 heterocycles. The van der Waals surface area contributed by atoms with Gasteiger partial charge in [-0.15, -0.1) is 0 Å². The van der Waals surface area contributed by atoms with Crippen LogP contribution in [0.5, 0.6) is 0 Å². The maximum Gasteiger partial charge on any atom is 0.145 e. The number of hydrogen-bond donors (Lipinski definition) is 2. The number of H-pyrrole nitrogens is 1. The summed E-state index contributed by atoms with van der Waals surface area (Å²) in [5.41, 5.74) is 9.29. The van der Waals surface area contributed by atoms with E-state index in [2.05, 4.69) is 20.4 Å². The van der Waals surface area contributed by atoms with Crippen LogP contribution in [0.15, 0.2) is 36.5 Å². The van der Waals surface area contributed by atoms with Crippen molar-refractivity contribution in [2.45, 2.75) is 6.92 Å². The normalized spacial score (nSPS) is 10.7. The molecule has 0 radical (unpaired) electrons. The first-order valence-corrected chi connectivity index (χ1v) is 5.53. The summed E-state index contributed by atoms with van der Waals surface area (Å²) < 4.78 is 0. The van der Waals surface area contributed by atoms with Gasteiger partial charge < -0.3 is 5.73 Å². The third-order valence-electron chi connectivity index (χ3n) is 2.61. The molecular formula is C12H12N6. The molecule has 0 bridgehead atoms. The van der Waals surface area contributed by atoms with Gasteiger partial charge in [0.25, 0.3) is 0 Å². The summed E-state index contributed by atoms with van der Waals surface area (Å²) in [6.07, 6.45) is 1.73. The van der Waals surface area contributed by atoms with Crippen LogP contribution in [0.4, 0.5) is 5.82 Å². The van der Waals surface area contributed by atoms with E-state index < -0.39 is 0 Å². The second-order valence-electron chi connectivity index (χ2n) is 4.03. The molecule has 0 spiro atoms. The molecule has 90 valence electrons. The summed E-state index contributed by atoms with van der Waals surface area (Å²) in [6.45, 7) is 1.91. The van der Waals surface area contributed by atoms with Gasteiger partial charge in [0.2, 0.25) is 0 Å². The van der Waals surface area contributed by atoms with Crippen molar-refractivity contribution in [3.63, 3.8) is 0 Å². The summed E-state index contributed by atoms with van der Waals surface area (Å²) in [6, 6.07) is 9.64. The molecule has 6 heteroatoms. The van der Waals surface area contributed by atoms with E-state index in [1.165, 1.54) is 0 Å². The van der Waals surface area contributed by atoms with Crippen molar-refractivity contribution in [2.75, 3.05) is 5.73 Å². The topological polar surface area (TPSA) is 85.4 Å².